The third-order valence-electron chi connectivity index (χ3n) is 4.64. The first kappa shape index (κ1) is 21.8. The van der Waals surface area contributed by atoms with Gasteiger partial charge in [-0.1, -0.05) is 43.7 Å². The molecule has 0 radical (unpaired) electrons. The maximum Gasteiger partial charge on any atom is 0.264 e. The smallest absolute Gasteiger partial charge is 0.264 e. The van der Waals surface area contributed by atoms with Crippen LogP contribution in [0.2, 0.25) is 0 Å². The lowest BCUT2D eigenvalue weighted by Crippen LogP contribution is -2.45. The molecule has 0 bridgehead atoms. The van der Waals surface area contributed by atoms with E-state index in [1.807, 2.05) is 27.7 Å². The predicted molar refractivity (Wildman–Crippen MR) is 111 cm³/mol. The molecule has 0 aliphatic rings. The van der Waals surface area contributed by atoms with Crippen LogP contribution < -0.4 is 14.4 Å². The average molecular weight is 405 g/mol. The summed E-state index contributed by atoms with van der Waals surface area (Å²) in [6.45, 7) is 7.42. The highest BCUT2D eigenvalue weighted by Gasteiger charge is 2.29. The number of benzene rings is 2. The zero-order chi connectivity index (χ0) is 20.9. The predicted octanol–water partition coefficient (Wildman–Crippen LogP) is 3.36. The largest absolute Gasteiger partial charge is 0.495 e. The summed E-state index contributed by atoms with van der Waals surface area (Å²) in [6.07, 6.45) is 0. The molecule has 7 heteroatoms. The quantitative estimate of drug-likeness (QED) is 0.732. The van der Waals surface area contributed by atoms with E-state index in [0.29, 0.717) is 11.4 Å². The molecule has 2 rings (SSSR count). The summed E-state index contributed by atoms with van der Waals surface area (Å²) < 4.78 is 33.2. The summed E-state index contributed by atoms with van der Waals surface area (Å²) in [5.41, 5.74) is 1.27. The molecule has 1 N–H and O–H groups in total. The van der Waals surface area contributed by atoms with E-state index >= 15 is 0 Å². The van der Waals surface area contributed by atoms with Crippen LogP contribution in [0.25, 0.3) is 0 Å². The number of carbonyl (C=O) groups is 1. The number of hydrogen-bond donors (Lipinski definition) is 1. The van der Waals surface area contributed by atoms with Crippen LogP contribution in [-0.2, 0) is 14.8 Å². The molecular formula is C21H28N2O4S. The summed E-state index contributed by atoms with van der Waals surface area (Å²) in [5.74, 6) is 0.239. The molecule has 1 amide bonds. The van der Waals surface area contributed by atoms with Crippen molar-refractivity contribution in [2.24, 2.45) is 5.92 Å². The second-order valence-corrected chi connectivity index (χ2v) is 8.96. The molecule has 0 spiro atoms. The van der Waals surface area contributed by atoms with Gasteiger partial charge in [0.15, 0.2) is 0 Å². The van der Waals surface area contributed by atoms with Gasteiger partial charge < -0.3 is 10.1 Å². The third kappa shape index (κ3) is 5.04. The Morgan fingerprint density at radius 1 is 1.07 bits per heavy atom. The minimum Gasteiger partial charge on any atom is -0.495 e. The molecule has 2 aromatic rings. The SMILES string of the molecule is COc1ccccc1N(CC(=O)N[C@@H](C)C(C)C)S(=O)(=O)c1ccc(C)cc1. The number of nitrogens with one attached hydrogen (secondary N) is 1. The van der Waals surface area contributed by atoms with E-state index in [2.05, 4.69) is 5.32 Å². The Labute approximate surface area is 167 Å². The summed E-state index contributed by atoms with van der Waals surface area (Å²) in [7, 11) is -2.49. The van der Waals surface area contributed by atoms with Gasteiger partial charge in [-0.2, -0.15) is 0 Å². The molecule has 152 valence electrons. The number of sulfonamides is 1. The van der Waals surface area contributed by atoms with Crippen LogP contribution in [0.3, 0.4) is 0 Å². The number of nitrogens with zero attached hydrogens (tertiary/aromatic N) is 1. The van der Waals surface area contributed by atoms with E-state index in [1.54, 1.807) is 48.5 Å². The average Bonchev–Trinajstić information content (AvgIpc) is 2.66. The molecule has 0 saturated heterocycles. The molecule has 0 aliphatic heterocycles. The fourth-order valence-electron chi connectivity index (χ4n) is 2.57. The highest BCUT2D eigenvalue weighted by atomic mass is 32.2. The molecule has 0 unspecified atom stereocenters. The van der Waals surface area contributed by atoms with Gasteiger partial charge in [0.1, 0.15) is 12.3 Å². The van der Waals surface area contributed by atoms with E-state index < -0.39 is 10.0 Å². The summed E-state index contributed by atoms with van der Waals surface area (Å²) in [4.78, 5) is 12.7. The van der Waals surface area contributed by atoms with Gasteiger partial charge in [0.05, 0.1) is 17.7 Å². The number of ether oxygens (including phenoxy) is 1. The number of aryl methyl sites for hydroxylation is 1. The fraction of sp³-hybridized carbons (Fsp3) is 0.381. The molecule has 0 heterocycles. The van der Waals surface area contributed by atoms with Crippen molar-refractivity contribution < 1.29 is 17.9 Å². The number of rotatable bonds is 8. The Morgan fingerprint density at radius 2 is 1.68 bits per heavy atom. The number of anilines is 1. The highest BCUT2D eigenvalue weighted by molar-refractivity contribution is 7.92. The molecule has 0 aliphatic carbocycles. The molecule has 1 atom stereocenters. The van der Waals surface area contributed by atoms with Gasteiger partial charge in [0, 0.05) is 6.04 Å². The van der Waals surface area contributed by atoms with Crippen molar-refractivity contribution in [2.75, 3.05) is 18.0 Å². The Balaban J connectivity index is 2.47. The van der Waals surface area contributed by atoms with Crippen LogP contribution in [0.1, 0.15) is 26.3 Å². The van der Waals surface area contributed by atoms with Gasteiger partial charge >= 0.3 is 0 Å². The number of amides is 1. The molecule has 0 saturated carbocycles. The summed E-state index contributed by atoms with van der Waals surface area (Å²) in [6, 6.07) is 13.2. The first-order valence-corrected chi connectivity index (χ1v) is 10.6. The molecule has 2 aromatic carbocycles. The minimum atomic E-state index is -3.96. The van der Waals surface area contributed by atoms with Crippen molar-refractivity contribution in [3.63, 3.8) is 0 Å². The van der Waals surface area contributed by atoms with E-state index in [1.165, 1.54) is 7.11 Å². The normalized spacial score (nSPS) is 12.5. The topological polar surface area (TPSA) is 75.7 Å². The van der Waals surface area contributed by atoms with E-state index in [-0.39, 0.29) is 29.3 Å². The Kier molecular flexibility index (Phi) is 7.07. The second kappa shape index (κ2) is 9.10. The van der Waals surface area contributed by atoms with Gasteiger partial charge in [-0.25, -0.2) is 8.42 Å². The van der Waals surface area contributed by atoms with E-state index in [0.717, 1.165) is 9.87 Å². The van der Waals surface area contributed by atoms with Crippen molar-refractivity contribution in [2.45, 2.75) is 38.6 Å². The number of hydrogen-bond acceptors (Lipinski definition) is 4. The lowest BCUT2D eigenvalue weighted by Gasteiger charge is -2.27. The van der Waals surface area contributed by atoms with Crippen molar-refractivity contribution in [1.29, 1.82) is 0 Å². The van der Waals surface area contributed by atoms with Crippen LogP contribution in [0.4, 0.5) is 5.69 Å². The van der Waals surface area contributed by atoms with Crippen molar-refractivity contribution >= 4 is 21.6 Å². The first-order chi connectivity index (χ1) is 13.2. The Bertz CT molecular complexity index is 908. The van der Waals surface area contributed by atoms with E-state index in [9.17, 15) is 13.2 Å². The molecule has 0 fully saturated rings. The molecular weight excluding hydrogens is 376 g/mol. The number of methoxy groups -OCH3 is 1. The van der Waals surface area contributed by atoms with Crippen LogP contribution in [-0.4, -0.2) is 34.0 Å². The molecule has 28 heavy (non-hydrogen) atoms. The van der Waals surface area contributed by atoms with Crippen molar-refractivity contribution in [3.05, 3.63) is 54.1 Å². The van der Waals surface area contributed by atoms with Crippen LogP contribution in [0.15, 0.2) is 53.4 Å². The van der Waals surface area contributed by atoms with Crippen molar-refractivity contribution in [1.82, 2.24) is 5.32 Å². The van der Waals surface area contributed by atoms with Gasteiger partial charge in [-0.3, -0.25) is 9.10 Å². The van der Waals surface area contributed by atoms with Gasteiger partial charge in [0.25, 0.3) is 10.0 Å². The zero-order valence-corrected chi connectivity index (χ0v) is 17.8. The monoisotopic (exact) mass is 404 g/mol. The van der Waals surface area contributed by atoms with Crippen LogP contribution >= 0.6 is 0 Å². The molecule has 6 nitrogen and oxygen atoms in total. The third-order valence-corrected chi connectivity index (χ3v) is 6.41. The Morgan fingerprint density at radius 3 is 2.25 bits per heavy atom. The van der Waals surface area contributed by atoms with E-state index in [4.69, 9.17) is 4.74 Å². The lowest BCUT2D eigenvalue weighted by atomic mass is 10.1. The van der Waals surface area contributed by atoms with Crippen LogP contribution in [0, 0.1) is 12.8 Å². The lowest BCUT2D eigenvalue weighted by molar-refractivity contribution is -0.120. The maximum atomic E-state index is 13.4. The minimum absolute atomic E-state index is 0.0749. The maximum absolute atomic E-state index is 13.4. The van der Waals surface area contributed by atoms with Gasteiger partial charge in [-0.05, 0) is 44.0 Å². The number of carbonyl (C=O) groups excluding carboxylic acids is 1. The summed E-state index contributed by atoms with van der Waals surface area (Å²) >= 11 is 0. The zero-order valence-electron chi connectivity index (χ0n) is 17.0. The number of para-hydroxylation sites is 2. The summed E-state index contributed by atoms with van der Waals surface area (Å²) in [5, 5.41) is 2.86. The fourth-order valence-corrected chi connectivity index (χ4v) is 4.00. The first-order valence-electron chi connectivity index (χ1n) is 9.18. The van der Waals surface area contributed by atoms with Crippen LogP contribution in [0.5, 0.6) is 5.75 Å². The Hall–Kier alpha value is -2.54. The van der Waals surface area contributed by atoms with Gasteiger partial charge in [-0.15, -0.1) is 0 Å². The van der Waals surface area contributed by atoms with Gasteiger partial charge in [0.2, 0.25) is 5.91 Å². The second-order valence-electron chi connectivity index (χ2n) is 7.10. The molecule has 0 aromatic heterocycles. The highest BCUT2D eigenvalue weighted by Crippen LogP contribution is 2.32. The standard InChI is InChI=1S/C21H28N2O4S/c1-15(2)17(4)22-21(24)14-23(19-8-6-7-9-20(19)27-5)28(25,26)18-12-10-16(3)11-13-18/h6-13,15,17H,14H2,1-5H3,(H,22,24)/t17-/m0/s1. The van der Waals surface area contributed by atoms with Crippen molar-refractivity contribution in [3.8, 4) is 5.75 Å².